The second kappa shape index (κ2) is 6.79. The first kappa shape index (κ1) is 14.9. The number of carbonyl (C=O) groups is 1. The molecule has 0 N–H and O–H groups in total. The van der Waals surface area contributed by atoms with Crippen LogP contribution in [-0.2, 0) is 16.0 Å². The standard InChI is InChI=1S/C17H18O4/c1-19-14-9-12(11-16(18)21-3)10-15(20-2)17(14)13-7-5-4-6-8-13/h4-10H,11H2,1-3H3. The molecule has 0 aromatic heterocycles. The predicted molar refractivity (Wildman–Crippen MR) is 80.7 cm³/mol. The fourth-order valence-corrected chi connectivity index (χ4v) is 2.20. The molecule has 0 heterocycles. The fourth-order valence-electron chi connectivity index (χ4n) is 2.20. The van der Waals surface area contributed by atoms with E-state index >= 15 is 0 Å². The van der Waals surface area contributed by atoms with Crippen molar-refractivity contribution in [3.05, 3.63) is 48.0 Å². The molecule has 0 aliphatic rings. The number of rotatable bonds is 5. The van der Waals surface area contributed by atoms with Crippen LogP contribution in [0.5, 0.6) is 11.5 Å². The molecule has 0 amide bonds. The van der Waals surface area contributed by atoms with Crippen molar-refractivity contribution in [1.29, 1.82) is 0 Å². The number of ether oxygens (including phenoxy) is 3. The summed E-state index contributed by atoms with van der Waals surface area (Å²) in [6.45, 7) is 0. The Hall–Kier alpha value is -2.49. The van der Waals surface area contributed by atoms with Gasteiger partial charge in [-0.15, -0.1) is 0 Å². The lowest BCUT2D eigenvalue weighted by molar-refractivity contribution is -0.139. The zero-order valence-electron chi connectivity index (χ0n) is 12.4. The molecular weight excluding hydrogens is 268 g/mol. The zero-order chi connectivity index (χ0) is 15.2. The normalized spacial score (nSPS) is 10.0. The van der Waals surface area contributed by atoms with Crippen LogP contribution >= 0.6 is 0 Å². The summed E-state index contributed by atoms with van der Waals surface area (Å²) in [6.07, 6.45) is 0.179. The highest BCUT2D eigenvalue weighted by Crippen LogP contribution is 2.39. The minimum Gasteiger partial charge on any atom is -0.496 e. The number of benzene rings is 2. The van der Waals surface area contributed by atoms with Crippen molar-refractivity contribution < 1.29 is 19.0 Å². The van der Waals surface area contributed by atoms with E-state index in [1.165, 1.54) is 7.11 Å². The van der Waals surface area contributed by atoms with Crippen LogP contribution in [-0.4, -0.2) is 27.3 Å². The number of carbonyl (C=O) groups excluding carboxylic acids is 1. The Morgan fingerprint density at radius 3 is 2.00 bits per heavy atom. The number of esters is 1. The summed E-state index contributed by atoms with van der Waals surface area (Å²) in [4.78, 5) is 11.4. The maximum absolute atomic E-state index is 11.4. The number of methoxy groups -OCH3 is 3. The number of hydrogen-bond donors (Lipinski definition) is 0. The van der Waals surface area contributed by atoms with Gasteiger partial charge in [0, 0.05) is 0 Å². The van der Waals surface area contributed by atoms with Gasteiger partial charge >= 0.3 is 5.97 Å². The SMILES string of the molecule is COC(=O)Cc1cc(OC)c(-c2ccccc2)c(OC)c1. The third-order valence-electron chi connectivity index (χ3n) is 3.20. The zero-order valence-corrected chi connectivity index (χ0v) is 12.4. The van der Waals surface area contributed by atoms with Crippen LogP contribution in [0, 0.1) is 0 Å². The molecule has 0 unspecified atom stereocenters. The van der Waals surface area contributed by atoms with Crippen molar-refractivity contribution in [3.63, 3.8) is 0 Å². The first-order chi connectivity index (χ1) is 10.2. The molecule has 0 radical (unpaired) electrons. The van der Waals surface area contributed by atoms with E-state index in [2.05, 4.69) is 0 Å². The molecule has 0 aliphatic heterocycles. The number of hydrogen-bond acceptors (Lipinski definition) is 4. The van der Waals surface area contributed by atoms with Gasteiger partial charge in [0.15, 0.2) is 0 Å². The van der Waals surface area contributed by atoms with Crippen molar-refractivity contribution in [3.8, 4) is 22.6 Å². The maximum Gasteiger partial charge on any atom is 0.309 e. The van der Waals surface area contributed by atoms with E-state index in [-0.39, 0.29) is 12.4 Å². The van der Waals surface area contributed by atoms with Gasteiger partial charge in [-0.1, -0.05) is 30.3 Å². The maximum atomic E-state index is 11.4. The van der Waals surface area contributed by atoms with E-state index < -0.39 is 0 Å². The van der Waals surface area contributed by atoms with Crippen LogP contribution in [0.15, 0.2) is 42.5 Å². The van der Waals surface area contributed by atoms with E-state index in [4.69, 9.17) is 14.2 Å². The van der Waals surface area contributed by atoms with Gasteiger partial charge in [-0.25, -0.2) is 0 Å². The molecule has 110 valence electrons. The molecule has 0 bridgehead atoms. The van der Waals surface area contributed by atoms with E-state index in [1.807, 2.05) is 42.5 Å². The molecule has 4 heteroatoms. The summed E-state index contributed by atoms with van der Waals surface area (Å²) >= 11 is 0. The van der Waals surface area contributed by atoms with Crippen molar-refractivity contribution in [2.75, 3.05) is 21.3 Å². The lowest BCUT2D eigenvalue weighted by Gasteiger charge is -2.15. The minimum absolute atomic E-state index is 0.179. The highest BCUT2D eigenvalue weighted by atomic mass is 16.5. The van der Waals surface area contributed by atoms with Gasteiger partial charge in [0.05, 0.1) is 33.3 Å². The Bertz CT molecular complexity index is 595. The van der Waals surface area contributed by atoms with Crippen LogP contribution in [0.4, 0.5) is 0 Å². The molecule has 0 fully saturated rings. The van der Waals surface area contributed by atoms with Crippen LogP contribution in [0.2, 0.25) is 0 Å². The third kappa shape index (κ3) is 3.34. The average molecular weight is 286 g/mol. The highest BCUT2D eigenvalue weighted by Gasteiger charge is 2.15. The van der Waals surface area contributed by atoms with E-state index in [0.29, 0.717) is 11.5 Å². The summed E-state index contributed by atoms with van der Waals surface area (Å²) in [5.41, 5.74) is 2.65. The monoisotopic (exact) mass is 286 g/mol. The minimum atomic E-state index is -0.299. The third-order valence-corrected chi connectivity index (χ3v) is 3.20. The lowest BCUT2D eigenvalue weighted by atomic mass is 10.00. The molecule has 0 saturated carbocycles. The van der Waals surface area contributed by atoms with Crippen molar-refractivity contribution in [2.24, 2.45) is 0 Å². The Morgan fingerprint density at radius 1 is 0.952 bits per heavy atom. The Balaban J connectivity index is 2.52. The topological polar surface area (TPSA) is 44.8 Å². The highest BCUT2D eigenvalue weighted by molar-refractivity contribution is 5.79. The van der Waals surface area contributed by atoms with Gasteiger partial charge in [-0.3, -0.25) is 4.79 Å². The quantitative estimate of drug-likeness (QED) is 0.792. The van der Waals surface area contributed by atoms with Crippen LogP contribution in [0.1, 0.15) is 5.56 Å². The summed E-state index contributed by atoms with van der Waals surface area (Å²) in [7, 11) is 4.57. The predicted octanol–water partition coefficient (Wildman–Crippen LogP) is 3.09. The van der Waals surface area contributed by atoms with Gasteiger partial charge < -0.3 is 14.2 Å². The molecular formula is C17H18O4. The van der Waals surface area contributed by atoms with E-state index in [0.717, 1.165) is 16.7 Å². The molecule has 0 atom stereocenters. The molecule has 0 spiro atoms. The second-order valence-electron chi connectivity index (χ2n) is 4.49. The molecule has 0 aliphatic carbocycles. The first-order valence-corrected chi connectivity index (χ1v) is 6.56. The van der Waals surface area contributed by atoms with Crippen LogP contribution < -0.4 is 9.47 Å². The largest absolute Gasteiger partial charge is 0.496 e. The summed E-state index contributed by atoms with van der Waals surface area (Å²) in [5, 5.41) is 0. The van der Waals surface area contributed by atoms with Gasteiger partial charge in [-0.05, 0) is 23.3 Å². The molecule has 4 nitrogen and oxygen atoms in total. The summed E-state index contributed by atoms with van der Waals surface area (Å²) in [6, 6.07) is 13.5. The molecule has 2 rings (SSSR count). The summed E-state index contributed by atoms with van der Waals surface area (Å²) < 4.78 is 15.6. The molecule has 2 aromatic rings. The van der Waals surface area contributed by atoms with Crippen molar-refractivity contribution in [1.82, 2.24) is 0 Å². The fraction of sp³-hybridized carbons (Fsp3) is 0.235. The Labute approximate surface area is 124 Å². The van der Waals surface area contributed by atoms with E-state index in [1.54, 1.807) is 14.2 Å². The summed E-state index contributed by atoms with van der Waals surface area (Å²) in [5.74, 6) is 1.03. The van der Waals surface area contributed by atoms with Gasteiger partial charge in [0.25, 0.3) is 0 Å². The van der Waals surface area contributed by atoms with Gasteiger partial charge in [0.1, 0.15) is 11.5 Å². The Morgan fingerprint density at radius 2 is 1.52 bits per heavy atom. The molecule has 0 saturated heterocycles. The smallest absolute Gasteiger partial charge is 0.309 e. The molecule has 2 aromatic carbocycles. The van der Waals surface area contributed by atoms with E-state index in [9.17, 15) is 4.79 Å². The average Bonchev–Trinajstić information content (AvgIpc) is 2.54. The van der Waals surface area contributed by atoms with Gasteiger partial charge in [-0.2, -0.15) is 0 Å². The first-order valence-electron chi connectivity index (χ1n) is 6.56. The van der Waals surface area contributed by atoms with Crippen molar-refractivity contribution >= 4 is 5.97 Å². The van der Waals surface area contributed by atoms with Crippen LogP contribution in [0.25, 0.3) is 11.1 Å². The van der Waals surface area contributed by atoms with Crippen molar-refractivity contribution in [2.45, 2.75) is 6.42 Å². The lowest BCUT2D eigenvalue weighted by Crippen LogP contribution is -2.05. The molecule has 21 heavy (non-hydrogen) atoms. The van der Waals surface area contributed by atoms with Crippen LogP contribution in [0.3, 0.4) is 0 Å². The Kier molecular flexibility index (Phi) is 4.82. The second-order valence-corrected chi connectivity index (χ2v) is 4.49. The van der Waals surface area contributed by atoms with Gasteiger partial charge in [0.2, 0.25) is 0 Å².